The first-order valence-electron chi connectivity index (χ1n) is 10.0. The quantitative estimate of drug-likeness (QED) is 0.466. The van der Waals surface area contributed by atoms with E-state index < -0.39 is 10.2 Å². The Morgan fingerprint density at radius 2 is 1.70 bits per heavy atom. The molecule has 13 heteroatoms. The van der Waals surface area contributed by atoms with E-state index in [1.807, 2.05) is 48.6 Å². The second-order valence-corrected chi connectivity index (χ2v) is 11.0. The first-order valence-corrected chi connectivity index (χ1v) is 13.5. The number of rotatable bonds is 7. The van der Waals surface area contributed by atoms with Gasteiger partial charge in [-0.1, -0.05) is 32.0 Å². The molecule has 3 rings (SSSR count). The predicted octanol–water partition coefficient (Wildman–Crippen LogP) is 5.57. The van der Waals surface area contributed by atoms with E-state index in [4.69, 9.17) is 20.3 Å². The first kappa shape index (κ1) is 29.6. The van der Waals surface area contributed by atoms with Crippen molar-refractivity contribution in [1.82, 2.24) is 9.97 Å². The minimum atomic E-state index is -4.02. The summed E-state index contributed by atoms with van der Waals surface area (Å²) in [5, 5.41) is 7.22. The molecule has 0 bridgehead atoms. The predicted molar refractivity (Wildman–Crippen MR) is 133 cm³/mol. The average Bonchev–Trinajstić information content (AvgIpc) is 2.78. The molecule has 1 aromatic heterocycles. The van der Waals surface area contributed by atoms with Crippen molar-refractivity contribution in [3.05, 3.63) is 46.3 Å². The number of anilines is 1. The third kappa shape index (κ3) is 8.41. The molecule has 0 saturated carbocycles. The maximum Gasteiger partial charge on any atom is 2.00 e. The van der Waals surface area contributed by atoms with Gasteiger partial charge in [0.05, 0.1) is 24.0 Å². The Balaban J connectivity index is 0.000000385. The summed E-state index contributed by atoms with van der Waals surface area (Å²) in [6.45, 7) is 4.14. The van der Waals surface area contributed by atoms with Crippen LogP contribution in [0, 0.1) is 0 Å². The van der Waals surface area contributed by atoms with E-state index >= 15 is 0 Å². The summed E-state index contributed by atoms with van der Waals surface area (Å²) < 4.78 is 34.8. The average molecular weight is 559 g/mol. The van der Waals surface area contributed by atoms with Crippen molar-refractivity contribution in [1.29, 1.82) is 0 Å². The van der Waals surface area contributed by atoms with Crippen LogP contribution in [0.25, 0.3) is 10.9 Å². The summed E-state index contributed by atoms with van der Waals surface area (Å²) in [5.74, 6) is 2.74. The van der Waals surface area contributed by atoms with Gasteiger partial charge in [0, 0.05) is 17.6 Å². The van der Waals surface area contributed by atoms with Crippen LogP contribution >= 0.6 is 23.5 Å². The summed E-state index contributed by atoms with van der Waals surface area (Å²) in [5.41, 5.74) is 9.67. The van der Waals surface area contributed by atoms with Gasteiger partial charge < -0.3 is 30.3 Å². The van der Waals surface area contributed by atoms with Gasteiger partial charge in [-0.3, -0.25) is 4.72 Å². The third-order valence-electron chi connectivity index (χ3n) is 4.70. The van der Waals surface area contributed by atoms with Gasteiger partial charge in [0.1, 0.15) is 11.8 Å². The molecule has 1 aliphatic rings. The molecule has 1 aliphatic heterocycles. The van der Waals surface area contributed by atoms with Crippen LogP contribution in [0.2, 0.25) is 0 Å². The minimum absolute atomic E-state index is 0. The summed E-state index contributed by atoms with van der Waals surface area (Å²) >= 11 is 3.78. The van der Waals surface area contributed by atoms with Gasteiger partial charge in [-0.25, -0.2) is 8.42 Å². The molecule has 9 nitrogen and oxygen atoms in total. The van der Waals surface area contributed by atoms with E-state index in [0.29, 0.717) is 17.4 Å². The fourth-order valence-electron chi connectivity index (χ4n) is 3.20. The smallest absolute Gasteiger partial charge is 0.546 e. The molecule has 0 amide bonds. The molecule has 0 atom stereocenters. The van der Waals surface area contributed by atoms with Crippen molar-refractivity contribution < 1.29 is 34.7 Å². The molecule has 0 unspecified atom stereocenters. The fraction of sp³-hybridized carbons (Fsp3) is 0.500. The molecular weight excluding hydrogens is 529 g/mol. The Morgan fingerprint density at radius 1 is 1.12 bits per heavy atom. The SMILES string of the molecule is CCc1cccc(C2(CC)SCCCS2)c1NS([NH-])(=O)=O.COc1cc(OC)nc([NH-])n1.[Co+2]. The zero-order valence-corrected chi connectivity index (χ0v) is 22.4. The zero-order valence-electron chi connectivity index (χ0n) is 18.9. The maximum atomic E-state index is 11.4. The molecule has 1 saturated heterocycles. The van der Waals surface area contributed by atoms with E-state index in [2.05, 4.69) is 21.6 Å². The molecule has 1 radical (unpaired) electrons. The molecule has 33 heavy (non-hydrogen) atoms. The second kappa shape index (κ2) is 13.5. The molecule has 2 aromatic rings. The number of hydrogen-bond acceptors (Lipinski definition) is 8. The zero-order chi connectivity index (χ0) is 23.8. The van der Waals surface area contributed by atoms with Crippen molar-refractivity contribution in [2.24, 2.45) is 0 Å². The number of ether oxygens (including phenoxy) is 2. The number of nitrogens with zero attached hydrogens (tertiary/aromatic N) is 2. The van der Waals surface area contributed by atoms with Gasteiger partial charge in [-0.05, 0) is 36.3 Å². The maximum absolute atomic E-state index is 11.4. The number of methoxy groups -OCH3 is 2. The van der Waals surface area contributed by atoms with E-state index in [1.54, 1.807) is 0 Å². The first-order chi connectivity index (χ1) is 15.2. The summed E-state index contributed by atoms with van der Waals surface area (Å²) in [6, 6.07) is 7.43. The Kier molecular flexibility index (Phi) is 12.1. The normalized spacial score (nSPS) is 14.8. The van der Waals surface area contributed by atoms with Gasteiger partial charge in [-0.15, -0.1) is 23.5 Å². The number of thioether (sulfide) groups is 2. The number of aromatic nitrogens is 2. The van der Waals surface area contributed by atoms with Crippen LogP contribution in [0.4, 0.5) is 11.6 Å². The van der Waals surface area contributed by atoms with Crippen LogP contribution in [0.3, 0.4) is 0 Å². The Morgan fingerprint density at radius 3 is 2.15 bits per heavy atom. The van der Waals surface area contributed by atoms with Crippen LogP contribution in [-0.2, 0) is 37.5 Å². The van der Waals surface area contributed by atoms with Crippen LogP contribution in [-0.4, -0.2) is 44.1 Å². The number of hydrogen-bond donors (Lipinski definition) is 1. The monoisotopic (exact) mass is 558 g/mol. The van der Waals surface area contributed by atoms with Crippen LogP contribution in [0.1, 0.15) is 37.8 Å². The molecule has 3 N–H and O–H groups in total. The molecule has 0 aliphatic carbocycles. The largest absolute Gasteiger partial charge is 2.00 e. The summed E-state index contributed by atoms with van der Waals surface area (Å²) in [4.78, 5) is 7.31. The molecule has 0 spiro atoms. The topological polar surface area (TPSA) is 138 Å². The Bertz CT molecular complexity index is 983. The Hall–Kier alpha value is -1.38. The number of para-hydroxylation sites is 1. The summed E-state index contributed by atoms with van der Waals surface area (Å²) in [7, 11) is -1.08. The van der Waals surface area contributed by atoms with Crippen molar-refractivity contribution in [2.75, 3.05) is 30.4 Å². The molecule has 2 heterocycles. The van der Waals surface area contributed by atoms with Gasteiger partial charge >= 0.3 is 16.8 Å². The molecule has 185 valence electrons. The van der Waals surface area contributed by atoms with E-state index in [-0.39, 0.29) is 26.8 Å². The van der Waals surface area contributed by atoms with Crippen molar-refractivity contribution >= 4 is 45.4 Å². The van der Waals surface area contributed by atoms with Gasteiger partial charge in [0.2, 0.25) is 0 Å². The molecule has 1 aromatic carbocycles. The van der Waals surface area contributed by atoms with Gasteiger partial charge in [-0.2, -0.15) is 0 Å². The van der Waals surface area contributed by atoms with Crippen LogP contribution in [0.5, 0.6) is 11.8 Å². The van der Waals surface area contributed by atoms with E-state index in [9.17, 15) is 8.42 Å². The van der Waals surface area contributed by atoms with Crippen molar-refractivity contribution in [2.45, 2.75) is 37.2 Å². The third-order valence-corrected chi connectivity index (χ3v) is 8.82. The second-order valence-electron chi connectivity index (χ2n) is 6.73. The Labute approximate surface area is 214 Å². The number of benzene rings is 1. The van der Waals surface area contributed by atoms with Crippen LogP contribution < -0.4 is 14.2 Å². The van der Waals surface area contributed by atoms with Crippen molar-refractivity contribution in [3.8, 4) is 11.8 Å². The molecule has 1 fully saturated rings. The fourth-order valence-corrected chi connectivity index (χ4v) is 7.03. The number of nitrogens with one attached hydrogen (secondary N) is 3. The van der Waals surface area contributed by atoms with E-state index in [0.717, 1.165) is 35.5 Å². The van der Waals surface area contributed by atoms with Crippen LogP contribution in [0.15, 0.2) is 24.3 Å². The summed E-state index contributed by atoms with van der Waals surface area (Å²) in [6.07, 6.45) is 2.85. The van der Waals surface area contributed by atoms with Crippen molar-refractivity contribution in [3.63, 3.8) is 0 Å². The van der Waals surface area contributed by atoms with Gasteiger partial charge in [0.15, 0.2) is 10.2 Å². The molecular formula is C20H29CoN5O4S3. The standard InChI is InChI=1S/C14H21N2O2S3.C6H8N3O2.Co/c1-3-11-7-5-8-12(13(11)16-21(15,17)18)14(4-2)19-9-6-10-20-14;1-10-4-3-5(11-2)9-6(7)8-4;/h5,7-8,16H,3-4,6,9-10H2,1-2H3,(H-,15,17,18);3H,1-2H3,(H-,7,8,9);/q2*-1;+2. The number of aryl methyl sites for hydroxylation is 1. The van der Waals surface area contributed by atoms with E-state index in [1.165, 1.54) is 26.7 Å². The van der Waals surface area contributed by atoms with Gasteiger partial charge in [0.25, 0.3) is 0 Å². The minimum Gasteiger partial charge on any atom is -0.546 e.